The maximum absolute atomic E-state index is 10.9. The molecule has 0 spiro atoms. The summed E-state index contributed by atoms with van der Waals surface area (Å²) in [7, 11) is 1.52. The summed E-state index contributed by atoms with van der Waals surface area (Å²) in [5, 5.41) is 15.6. The Morgan fingerprint density at radius 1 is 1.60 bits per heavy atom. The summed E-state index contributed by atoms with van der Waals surface area (Å²) in [5.74, 6) is 0.527. The van der Waals surface area contributed by atoms with E-state index in [1.807, 2.05) is 0 Å². The van der Waals surface area contributed by atoms with Crippen molar-refractivity contribution < 1.29 is 9.21 Å². The predicted octanol–water partition coefficient (Wildman–Crippen LogP) is 0.245. The normalized spacial score (nSPS) is 20.2. The van der Waals surface area contributed by atoms with Gasteiger partial charge in [-0.2, -0.15) is 0 Å². The van der Waals surface area contributed by atoms with E-state index in [1.54, 1.807) is 0 Å². The van der Waals surface area contributed by atoms with Crippen LogP contribution in [0.2, 0.25) is 0 Å². The smallest absolute Gasteiger partial charge is 0.323 e. The standard InChI is InChI=1S/C8H13N5O2/c1-9-7(14)11-8-13-12-6(15-8)5-3-2-4-10-5/h5,10H,2-4H2,1H3,(H2,9,11,13,14). The van der Waals surface area contributed by atoms with Gasteiger partial charge >= 0.3 is 12.0 Å². The van der Waals surface area contributed by atoms with Crippen molar-refractivity contribution in [3.05, 3.63) is 5.89 Å². The summed E-state index contributed by atoms with van der Waals surface area (Å²) >= 11 is 0. The summed E-state index contributed by atoms with van der Waals surface area (Å²) in [4.78, 5) is 10.9. The van der Waals surface area contributed by atoms with Gasteiger partial charge in [0.25, 0.3) is 0 Å². The Hall–Kier alpha value is -1.63. The second kappa shape index (κ2) is 4.26. The maximum atomic E-state index is 10.9. The molecule has 1 aromatic heterocycles. The van der Waals surface area contributed by atoms with Gasteiger partial charge in [0.15, 0.2) is 0 Å². The van der Waals surface area contributed by atoms with Crippen LogP contribution in [0.1, 0.15) is 24.8 Å². The summed E-state index contributed by atoms with van der Waals surface area (Å²) in [6.45, 7) is 0.964. The van der Waals surface area contributed by atoms with E-state index in [1.165, 1.54) is 7.05 Å². The molecule has 7 heteroatoms. The maximum Gasteiger partial charge on any atom is 0.323 e. The number of carbonyl (C=O) groups is 1. The highest BCUT2D eigenvalue weighted by Gasteiger charge is 2.22. The van der Waals surface area contributed by atoms with Crippen molar-refractivity contribution in [3.63, 3.8) is 0 Å². The molecule has 3 N–H and O–H groups in total. The van der Waals surface area contributed by atoms with Crippen molar-refractivity contribution in [3.8, 4) is 0 Å². The van der Waals surface area contributed by atoms with E-state index in [9.17, 15) is 4.79 Å². The lowest BCUT2D eigenvalue weighted by Gasteiger charge is -2.02. The molecule has 0 bridgehead atoms. The van der Waals surface area contributed by atoms with Crippen LogP contribution in [-0.4, -0.2) is 29.8 Å². The van der Waals surface area contributed by atoms with E-state index in [0.717, 1.165) is 19.4 Å². The number of nitrogens with zero attached hydrogens (tertiary/aromatic N) is 2. The van der Waals surface area contributed by atoms with Gasteiger partial charge in [0.05, 0.1) is 6.04 Å². The van der Waals surface area contributed by atoms with Gasteiger partial charge in [-0.05, 0) is 19.4 Å². The fourth-order valence-electron chi connectivity index (χ4n) is 1.48. The van der Waals surface area contributed by atoms with E-state index in [0.29, 0.717) is 5.89 Å². The molecule has 1 fully saturated rings. The Bertz CT molecular complexity index is 345. The Morgan fingerprint density at radius 3 is 3.13 bits per heavy atom. The first kappa shape index (κ1) is 9.91. The molecule has 7 nitrogen and oxygen atoms in total. The molecule has 1 atom stereocenters. The van der Waals surface area contributed by atoms with Crippen LogP contribution in [0.25, 0.3) is 0 Å². The van der Waals surface area contributed by atoms with Crippen LogP contribution in [0.5, 0.6) is 0 Å². The minimum atomic E-state index is -0.371. The van der Waals surface area contributed by atoms with E-state index in [4.69, 9.17) is 4.42 Å². The number of hydrogen-bond donors (Lipinski definition) is 3. The minimum Gasteiger partial charge on any atom is -0.406 e. The van der Waals surface area contributed by atoms with Gasteiger partial charge in [-0.25, -0.2) is 4.79 Å². The minimum absolute atomic E-state index is 0.123. The molecular weight excluding hydrogens is 198 g/mol. The number of rotatable bonds is 2. The molecule has 0 radical (unpaired) electrons. The molecule has 1 unspecified atom stereocenters. The van der Waals surface area contributed by atoms with Crippen LogP contribution < -0.4 is 16.0 Å². The lowest BCUT2D eigenvalue weighted by atomic mass is 10.2. The number of nitrogens with one attached hydrogen (secondary N) is 3. The van der Waals surface area contributed by atoms with Crippen LogP contribution in [0.4, 0.5) is 10.8 Å². The summed E-state index contributed by atoms with van der Waals surface area (Å²) in [6, 6.07) is -0.125. The number of aromatic nitrogens is 2. The van der Waals surface area contributed by atoms with E-state index in [2.05, 4.69) is 26.1 Å². The van der Waals surface area contributed by atoms with Crippen molar-refractivity contribution in [2.45, 2.75) is 18.9 Å². The molecule has 0 aromatic carbocycles. The van der Waals surface area contributed by atoms with Crippen molar-refractivity contribution in [1.82, 2.24) is 20.8 Å². The Kier molecular flexibility index (Phi) is 2.82. The average molecular weight is 211 g/mol. The zero-order valence-corrected chi connectivity index (χ0v) is 8.41. The molecule has 2 amide bonds. The number of anilines is 1. The zero-order chi connectivity index (χ0) is 10.7. The molecule has 1 aliphatic rings. The van der Waals surface area contributed by atoms with E-state index < -0.39 is 0 Å². The second-order valence-electron chi connectivity index (χ2n) is 3.30. The summed E-state index contributed by atoms with van der Waals surface area (Å²) in [5.41, 5.74) is 0. The van der Waals surface area contributed by atoms with Gasteiger partial charge in [0, 0.05) is 7.05 Å². The average Bonchev–Trinajstić information content (AvgIpc) is 2.85. The van der Waals surface area contributed by atoms with Crippen LogP contribution in [0, 0.1) is 0 Å². The Balaban J connectivity index is 2.00. The van der Waals surface area contributed by atoms with Gasteiger partial charge in [0.1, 0.15) is 0 Å². The second-order valence-corrected chi connectivity index (χ2v) is 3.30. The third kappa shape index (κ3) is 2.24. The summed E-state index contributed by atoms with van der Waals surface area (Å²) < 4.78 is 5.28. The topological polar surface area (TPSA) is 92.1 Å². The van der Waals surface area contributed by atoms with Crippen molar-refractivity contribution in [1.29, 1.82) is 0 Å². The SMILES string of the molecule is CNC(=O)Nc1nnc(C2CCCN2)o1. The van der Waals surface area contributed by atoms with Gasteiger partial charge in [-0.15, -0.1) is 5.10 Å². The van der Waals surface area contributed by atoms with Crippen LogP contribution in [-0.2, 0) is 0 Å². The number of amides is 2. The highest BCUT2D eigenvalue weighted by atomic mass is 16.4. The Labute approximate surface area is 86.6 Å². The third-order valence-electron chi connectivity index (χ3n) is 2.25. The fourth-order valence-corrected chi connectivity index (χ4v) is 1.48. The van der Waals surface area contributed by atoms with Crippen molar-refractivity contribution >= 4 is 12.0 Å². The number of urea groups is 1. The molecule has 15 heavy (non-hydrogen) atoms. The predicted molar refractivity (Wildman–Crippen MR) is 52.4 cm³/mol. The molecule has 1 saturated heterocycles. The molecule has 1 aromatic rings. The number of carbonyl (C=O) groups excluding carboxylic acids is 1. The van der Waals surface area contributed by atoms with Crippen molar-refractivity contribution in [2.75, 3.05) is 18.9 Å². The molecule has 82 valence electrons. The molecule has 2 rings (SSSR count). The van der Waals surface area contributed by atoms with Crippen LogP contribution in [0.3, 0.4) is 0 Å². The first-order chi connectivity index (χ1) is 7.29. The van der Waals surface area contributed by atoms with E-state index >= 15 is 0 Å². The largest absolute Gasteiger partial charge is 0.406 e. The van der Waals surface area contributed by atoms with Gasteiger partial charge in [0.2, 0.25) is 5.89 Å². The lowest BCUT2D eigenvalue weighted by molar-refractivity contribution is 0.253. The first-order valence-corrected chi connectivity index (χ1v) is 4.85. The zero-order valence-electron chi connectivity index (χ0n) is 8.41. The molecule has 0 saturated carbocycles. The molecule has 2 heterocycles. The highest BCUT2D eigenvalue weighted by molar-refractivity contribution is 5.86. The quantitative estimate of drug-likeness (QED) is 0.652. The molecular formula is C8H13N5O2. The van der Waals surface area contributed by atoms with Crippen molar-refractivity contribution in [2.24, 2.45) is 0 Å². The lowest BCUT2D eigenvalue weighted by Crippen LogP contribution is -2.24. The van der Waals surface area contributed by atoms with Gasteiger partial charge < -0.3 is 15.1 Å². The molecule has 0 aliphatic carbocycles. The van der Waals surface area contributed by atoms with Crippen LogP contribution in [0.15, 0.2) is 4.42 Å². The van der Waals surface area contributed by atoms with E-state index in [-0.39, 0.29) is 18.1 Å². The summed E-state index contributed by atoms with van der Waals surface area (Å²) in [6.07, 6.45) is 2.09. The van der Waals surface area contributed by atoms with Gasteiger partial charge in [-0.3, -0.25) is 5.32 Å². The monoisotopic (exact) mass is 211 g/mol. The molecule has 1 aliphatic heterocycles. The van der Waals surface area contributed by atoms with Gasteiger partial charge in [-0.1, -0.05) is 5.10 Å². The highest BCUT2D eigenvalue weighted by Crippen LogP contribution is 2.22. The first-order valence-electron chi connectivity index (χ1n) is 4.85. The fraction of sp³-hybridized carbons (Fsp3) is 0.625. The Morgan fingerprint density at radius 2 is 2.47 bits per heavy atom. The number of hydrogen-bond acceptors (Lipinski definition) is 5. The van der Waals surface area contributed by atoms with Crippen LogP contribution >= 0.6 is 0 Å². The third-order valence-corrected chi connectivity index (χ3v) is 2.25.